The van der Waals surface area contributed by atoms with E-state index in [0.717, 1.165) is 78.2 Å². The van der Waals surface area contributed by atoms with Crippen LogP contribution in [-0.4, -0.2) is 19.5 Å². The molecule has 0 fully saturated rings. The van der Waals surface area contributed by atoms with Gasteiger partial charge in [-0.05, 0) is 80.9 Å². The molecule has 6 aromatic carbocycles. The number of rotatable bonds is 3. The van der Waals surface area contributed by atoms with Gasteiger partial charge in [0, 0.05) is 42.9 Å². The molecule has 7 heteroatoms. The Morgan fingerprint density at radius 2 is 1.49 bits per heavy atom. The Balaban J connectivity index is 0.000000261. The summed E-state index contributed by atoms with van der Waals surface area (Å²) in [6.07, 6.45) is 1.79. The fraction of sp³-hybridized carbons (Fsp3) is 0.104. The Morgan fingerprint density at radius 1 is 0.727 bits per heavy atom. The van der Waals surface area contributed by atoms with E-state index in [4.69, 9.17) is 9.40 Å². The molecule has 55 heavy (non-hydrogen) atoms. The van der Waals surface area contributed by atoms with E-state index in [1.54, 1.807) is 6.20 Å². The van der Waals surface area contributed by atoms with Crippen molar-refractivity contribution in [1.82, 2.24) is 19.5 Å². The summed E-state index contributed by atoms with van der Waals surface area (Å²) in [4.78, 5) is 13.1. The number of nitrogens with zero attached hydrogens (tertiary/aromatic N) is 4. The Hall–Kier alpha value is -6.14. The first kappa shape index (κ1) is 34.6. The first-order valence-corrected chi connectivity index (χ1v) is 18.3. The topological polar surface area (TPSA) is 63.5 Å². The molecular formula is C48H36IrN5O-. The van der Waals surface area contributed by atoms with Crippen molar-refractivity contribution >= 4 is 44.0 Å². The van der Waals surface area contributed by atoms with Gasteiger partial charge in [-0.25, -0.2) is 9.55 Å². The fourth-order valence-corrected chi connectivity index (χ4v) is 8.32. The zero-order valence-electron chi connectivity index (χ0n) is 30.8. The third-order valence-corrected chi connectivity index (χ3v) is 10.8. The van der Waals surface area contributed by atoms with Crippen LogP contribution in [0.1, 0.15) is 30.5 Å². The number of benzene rings is 6. The van der Waals surface area contributed by atoms with Gasteiger partial charge >= 0.3 is 0 Å². The molecule has 0 saturated carbocycles. The second-order valence-corrected chi connectivity index (χ2v) is 14.4. The number of H-pyrrole nitrogens is 1. The third-order valence-electron chi connectivity index (χ3n) is 10.8. The quantitative estimate of drug-likeness (QED) is 0.142. The molecule has 6 nitrogen and oxygen atoms in total. The van der Waals surface area contributed by atoms with E-state index < -0.39 is 0 Å². The Morgan fingerprint density at radius 3 is 2.29 bits per heavy atom. The largest absolute Gasteiger partial charge is 0.496 e. The average Bonchev–Trinajstić information content (AvgIpc) is 3.95. The normalized spacial score (nSPS) is 12.7. The molecule has 1 aliphatic rings. The summed E-state index contributed by atoms with van der Waals surface area (Å²) >= 11 is 0. The average molecular weight is 891 g/mol. The maximum Gasteiger partial charge on any atom is 0.288 e. The minimum Gasteiger partial charge on any atom is -0.496 e. The molecule has 269 valence electrons. The summed E-state index contributed by atoms with van der Waals surface area (Å²) in [5, 5.41) is 2.15. The van der Waals surface area contributed by atoms with Crippen LogP contribution >= 0.6 is 0 Å². The minimum atomic E-state index is -0.233. The number of fused-ring (bicyclic) bond motifs is 10. The van der Waals surface area contributed by atoms with Crippen LogP contribution in [-0.2, 0) is 25.6 Å². The molecule has 1 N–H and O–H groups in total. The number of para-hydroxylation sites is 3. The van der Waals surface area contributed by atoms with Crippen molar-refractivity contribution in [2.75, 3.05) is 0 Å². The van der Waals surface area contributed by atoms with Crippen LogP contribution in [0.2, 0.25) is 0 Å². The molecule has 0 atom stereocenters. The van der Waals surface area contributed by atoms with E-state index >= 15 is 0 Å². The zero-order valence-corrected chi connectivity index (χ0v) is 33.2. The van der Waals surface area contributed by atoms with E-state index in [2.05, 4.69) is 138 Å². The molecule has 4 aromatic heterocycles. The number of nitrogens with one attached hydrogen (secondary N) is 1. The van der Waals surface area contributed by atoms with Crippen LogP contribution in [0.4, 0.5) is 0 Å². The monoisotopic (exact) mass is 891 g/mol. The maximum atomic E-state index is 6.95. The van der Waals surface area contributed by atoms with Crippen molar-refractivity contribution < 1.29 is 29.1 Å². The smallest absolute Gasteiger partial charge is 0.288 e. The van der Waals surface area contributed by atoms with Crippen molar-refractivity contribution in [3.05, 3.63) is 168 Å². The van der Waals surface area contributed by atoms with Crippen LogP contribution < -0.4 is 4.57 Å². The maximum absolute atomic E-state index is 6.95. The second-order valence-electron chi connectivity index (χ2n) is 14.4. The summed E-state index contributed by atoms with van der Waals surface area (Å²) < 4.78 is 11.6. The van der Waals surface area contributed by atoms with Gasteiger partial charge in [0.1, 0.15) is 5.54 Å². The van der Waals surface area contributed by atoms with Crippen LogP contribution in [0.5, 0.6) is 0 Å². The summed E-state index contributed by atoms with van der Waals surface area (Å²) in [6, 6.07) is 52.2. The van der Waals surface area contributed by atoms with Crippen LogP contribution in [0.25, 0.3) is 83.7 Å². The first-order valence-electron chi connectivity index (χ1n) is 18.3. The summed E-state index contributed by atoms with van der Waals surface area (Å²) in [7, 11) is 0. The van der Waals surface area contributed by atoms with E-state index in [0.29, 0.717) is 0 Å². The number of aryl methyl sites for hydroxylation is 2. The molecule has 0 aliphatic carbocycles. The number of imidazole rings is 2. The zero-order chi connectivity index (χ0) is 36.6. The van der Waals surface area contributed by atoms with Crippen LogP contribution in [0.3, 0.4) is 0 Å². The number of pyridine rings is 1. The molecule has 1 aliphatic heterocycles. The van der Waals surface area contributed by atoms with Gasteiger partial charge in [-0.2, -0.15) is 0 Å². The predicted octanol–water partition coefficient (Wildman–Crippen LogP) is 11.1. The number of hydrogen-bond donors (Lipinski definition) is 1. The van der Waals surface area contributed by atoms with Crippen molar-refractivity contribution in [2.45, 2.75) is 33.2 Å². The van der Waals surface area contributed by atoms with E-state index in [1.165, 1.54) is 22.3 Å². The molecule has 0 spiro atoms. The predicted molar refractivity (Wildman–Crippen MR) is 217 cm³/mol. The Bertz CT molecular complexity index is 2990. The van der Waals surface area contributed by atoms with Gasteiger partial charge < -0.3 is 14.0 Å². The number of aromatic amines is 1. The molecule has 5 heterocycles. The van der Waals surface area contributed by atoms with Crippen molar-refractivity contribution in [1.29, 1.82) is 0 Å². The summed E-state index contributed by atoms with van der Waals surface area (Å²) in [5.74, 6) is 1.94. The van der Waals surface area contributed by atoms with Gasteiger partial charge in [-0.3, -0.25) is 4.98 Å². The molecule has 0 unspecified atom stereocenters. The number of hydrogen-bond acceptors (Lipinski definition) is 3. The summed E-state index contributed by atoms with van der Waals surface area (Å²) in [6.45, 7) is 8.88. The molecule has 0 saturated heterocycles. The van der Waals surface area contributed by atoms with Crippen molar-refractivity contribution in [2.24, 2.45) is 0 Å². The van der Waals surface area contributed by atoms with E-state index in [-0.39, 0.29) is 25.6 Å². The van der Waals surface area contributed by atoms with Crippen molar-refractivity contribution in [3.8, 4) is 39.7 Å². The Labute approximate surface area is 332 Å². The van der Waals surface area contributed by atoms with Crippen LogP contribution in [0.15, 0.2) is 144 Å². The van der Waals surface area contributed by atoms with Gasteiger partial charge in [-0.15, -0.1) is 54.1 Å². The standard InChI is InChI=1S/C37H27N4O.C11H8N.Ir/c1-21-11-9-12-22(2)31(21)40-30-18-8-7-17-28(30)38-35(40)26-15-10-14-23-24-19-20-29-32(34(24)42-33(23)26)41-36(39-29)25-13-5-6-16-27(25)37(41,3)4;1-2-6-10(7-3-1)11-8-4-5-9-12-11;/h5-14,16-20H,1-4H3;1-6,8-9H;/q2*-1;/p+1. The van der Waals surface area contributed by atoms with Gasteiger partial charge in [-0.1, -0.05) is 71.6 Å². The van der Waals surface area contributed by atoms with E-state index in [1.807, 2.05) is 54.6 Å². The molecule has 1 radical (unpaired) electrons. The van der Waals surface area contributed by atoms with Gasteiger partial charge in [0.15, 0.2) is 11.1 Å². The molecule has 0 amide bonds. The second kappa shape index (κ2) is 13.3. The Kier molecular flexibility index (Phi) is 8.38. The number of aromatic nitrogens is 5. The summed E-state index contributed by atoms with van der Waals surface area (Å²) in [5.41, 5.74) is 14.5. The van der Waals surface area contributed by atoms with Gasteiger partial charge in [0.05, 0.1) is 28.0 Å². The number of furan rings is 1. The third kappa shape index (κ3) is 5.37. The van der Waals surface area contributed by atoms with Crippen molar-refractivity contribution in [3.63, 3.8) is 0 Å². The molecule has 0 bridgehead atoms. The van der Waals surface area contributed by atoms with Gasteiger partial charge in [0.2, 0.25) is 5.52 Å². The molecule has 10 aromatic rings. The minimum absolute atomic E-state index is 0. The van der Waals surface area contributed by atoms with E-state index in [9.17, 15) is 0 Å². The first-order chi connectivity index (χ1) is 26.4. The molecule has 11 rings (SSSR count). The van der Waals surface area contributed by atoms with Crippen LogP contribution in [0, 0.1) is 26.0 Å². The van der Waals surface area contributed by atoms with Gasteiger partial charge in [0.25, 0.3) is 5.82 Å². The SMILES string of the molecule is Cc1cccc(C)c1-n1c(-c2[c-]ccc3c2oc2c3ccc3[nH]c4[n+](c32)C(C)(C)c2ccccc2-4)nc2ccccc21.[Ir].[c-]1ccccc1-c1ccccn1. The molecular weight excluding hydrogens is 855 g/mol. The fourth-order valence-electron chi connectivity index (χ4n) is 8.32.